The van der Waals surface area contributed by atoms with Crippen LogP contribution in [-0.4, -0.2) is 31.1 Å². The maximum Gasteiger partial charge on any atom is 0.307 e. The van der Waals surface area contributed by atoms with Crippen molar-refractivity contribution < 1.29 is 17.1 Å². The Hall–Kier alpha value is -1.22. The Bertz CT molecular complexity index is 607. The summed E-state index contributed by atoms with van der Waals surface area (Å²) in [7, 11) is -4.73. The number of nitrogen functional groups attached to an aromatic ring is 1. The SMILES string of the molecule is Nc1nc(Br)ccc1N1CC(S(=O)(=O)F)CC1=O. The number of amides is 1. The van der Waals surface area contributed by atoms with E-state index in [9.17, 15) is 17.1 Å². The van der Waals surface area contributed by atoms with Gasteiger partial charge in [0.2, 0.25) is 5.91 Å². The van der Waals surface area contributed by atoms with E-state index < -0.39 is 21.4 Å². The molecule has 0 aromatic carbocycles. The van der Waals surface area contributed by atoms with Crippen molar-refractivity contribution in [2.45, 2.75) is 11.7 Å². The summed E-state index contributed by atoms with van der Waals surface area (Å²) in [4.78, 5) is 16.7. The topological polar surface area (TPSA) is 93.4 Å². The Balaban J connectivity index is 2.33. The third-order valence-electron chi connectivity index (χ3n) is 2.65. The monoisotopic (exact) mass is 337 g/mol. The van der Waals surface area contributed by atoms with Crippen molar-refractivity contribution in [3.63, 3.8) is 0 Å². The van der Waals surface area contributed by atoms with E-state index in [1.807, 2.05) is 0 Å². The highest BCUT2D eigenvalue weighted by Crippen LogP contribution is 2.30. The molecule has 1 aromatic rings. The number of carbonyl (C=O) groups excluding carboxylic acids is 1. The minimum Gasteiger partial charge on any atom is -0.382 e. The van der Waals surface area contributed by atoms with Crippen LogP contribution < -0.4 is 10.6 Å². The van der Waals surface area contributed by atoms with Crippen LogP contribution in [-0.2, 0) is 15.0 Å². The minimum atomic E-state index is -4.73. The van der Waals surface area contributed by atoms with Gasteiger partial charge in [-0.3, -0.25) is 4.79 Å². The number of nitrogens with two attached hydrogens (primary N) is 1. The van der Waals surface area contributed by atoms with Gasteiger partial charge in [0.1, 0.15) is 15.7 Å². The lowest BCUT2D eigenvalue weighted by Crippen LogP contribution is -2.27. The highest BCUT2D eigenvalue weighted by Gasteiger charge is 2.39. The summed E-state index contributed by atoms with van der Waals surface area (Å²) in [5.74, 6) is -0.410. The van der Waals surface area contributed by atoms with Gasteiger partial charge in [-0.05, 0) is 28.1 Å². The molecule has 2 heterocycles. The van der Waals surface area contributed by atoms with Gasteiger partial charge in [0.25, 0.3) is 0 Å². The molecule has 1 amide bonds. The molecule has 9 heteroatoms. The third-order valence-corrected chi connectivity index (χ3v) is 4.20. The lowest BCUT2D eigenvalue weighted by atomic mass is 10.3. The first-order valence-corrected chi connectivity index (χ1v) is 7.19. The fourth-order valence-electron chi connectivity index (χ4n) is 1.77. The van der Waals surface area contributed by atoms with Gasteiger partial charge in [-0.2, -0.15) is 8.42 Å². The van der Waals surface area contributed by atoms with E-state index in [-0.39, 0.29) is 24.5 Å². The van der Waals surface area contributed by atoms with Crippen molar-refractivity contribution in [3.8, 4) is 0 Å². The van der Waals surface area contributed by atoms with Gasteiger partial charge in [0, 0.05) is 13.0 Å². The number of hydrogen-bond acceptors (Lipinski definition) is 5. The first-order chi connectivity index (χ1) is 8.29. The van der Waals surface area contributed by atoms with Gasteiger partial charge >= 0.3 is 10.2 Å². The molecule has 2 rings (SSSR count). The van der Waals surface area contributed by atoms with Crippen LogP contribution in [0.5, 0.6) is 0 Å². The molecule has 1 atom stereocenters. The fourth-order valence-corrected chi connectivity index (χ4v) is 2.76. The van der Waals surface area contributed by atoms with Crippen LogP contribution in [0.2, 0.25) is 0 Å². The van der Waals surface area contributed by atoms with Gasteiger partial charge < -0.3 is 10.6 Å². The van der Waals surface area contributed by atoms with Gasteiger partial charge in [-0.25, -0.2) is 4.98 Å². The smallest absolute Gasteiger partial charge is 0.307 e. The van der Waals surface area contributed by atoms with Crippen molar-refractivity contribution in [2.24, 2.45) is 0 Å². The highest BCUT2D eigenvalue weighted by molar-refractivity contribution is 9.10. The van der Waals surface area contributed by atoms with Crippen LogP contribution in [0.25, 0.3) is 0 Å². The number of carbonyl (C=O) groups is 1. The summed E-state index contributed by atoms with van der Waals surface area (Å²) < 4.78 is 34.9. The van der Waals surface area contributed by atoms with Gasteiger partial charge in [-0.1, -0.05) is 0 Å². The lowest BCUT2D eigenvalue weighted by molar-refractivity contribution is -0.117. The zero-order valence-corrected chi connectivity index (χ0v) is 11.4. The molecule has 0 saturated carbocycles. The van der Waals surface area contributed by atoms with E-state index in [2.05, 4.69) is 20.9 Å². The molecule has 1 unspecified atom stereocenters. The molecule has 98 valence electrons. The molecule has 0 aliphatic carbocycles. The average molecular weight is 338 g/mol. The molecular weight excluding hydrogens is 329 g/mol. The van der Waals surface area contributed by atoms with Gasteiger partial charge in [-0.15, -0.1) is 3.89 Å². The second kappa shape index (κ2) is 4.47. The third kappa shape index (κ3) is 2.46. The largest absolute Gasteiger partial charge is 0.382 e. The summed E-state index contributed by atoms with van der Waals surface area (Å²) in [5.41, 5.74) is 5.93. The molecule has 1 aromatic heterocycles. The van der Waals surface area contributed by atoms with Crippen LogP contribution in [0, 0.1) is 0 Å². The second-order valence-electron chi connectivity index (χ2n) is 3.84. The number of rotatable bonds is 2. The fraction of sp³-hybridized carbons (Fsp3) is 0.333. The molecule has 18 heavy (non-hydrogen) atoms. The van der Waals surface area contributed by atoms with Crippen molar-refractivity contribution in [2.75, 3.05) is 17.2 Å². The molecule has 0 bridgehead atoms. The Labute approximate surface area is 111 Å². The molecule has 0 spiro atoms. The minimum absolute atomic E-state index is 0.0784. The number of nitrogens with zero attached hydrogens (tertiary/aromatic N) is 2. The summed E-state index contributed by atoms with van der Waals surface area (Å²) in [6.45, 7) is -0.245. The number of halogens is 2. The Morgan fingerprint density at radius 3 is 2.67 bits per heavy atom. The van der Waals surface area contributed by atoms with E-state index in [0.29, 0.717) is 4.60 Å². The molecule has 1 aliphatic heterocycles. The Morgan fingerprint density at radius 2 is 2.17 bits per heavy atom. The Kier molecular flexibility index (Phi) is 3.28. The van der Waals surface area contributed by atoms with Crippen LogP contribution in [0.3, 0.4) is 0 Å². The van der Waals surface area contributed by atoms with E-state index in [0.717, 1.165) is 4.90 Å². The second-order valence-corrected chi connectivity index (χ2v) is 6.27. The van der Waals surface area contributed by atoms with E-state index in [1.54, 1.807) is 6.07 Å². The molecule has 2 N–H and O–H groups in total. The average Bonchev–Trinajstić information content (AvgIpc) is 2.60. The maximum absolute atomic E-state index is 12.9. The zero-order chi connectivity index (χ0) is 13.5. The van der Waals surface area contributed by atoms with Crippen molar-refractivity contribution >= 4 is 43.6 Å². The predicted octanol–water partition coefficient (Wildman–Crippen LogP) is 0.831. The zero-order valence-electron chi connectivity index (χ0n) is 9.01. The van der Waals surface area contributed by atoms with Crippen molar-refractivity contribution in [1.82, 2.24) is 4.98 Å². The summed E-state index contributed by atoms with van der Waals surface area (Å²) in [6.07, 6.45) is -0.381. The van der Waals surface area contributed by atoms with Crippen molar-refractivity contribution in [1.29, 1.82) is 0 Å². The molecule has 1 fully saturated rings. The quantitative estimate of drug-likeness (QED) is 0.637. The first kappa shape index (κ1) is 13.2. The maximum atomic E-state index is 12.9. The summed E-state index contributed by atoms with van der Waals surface area (Å²) in [5, 5.41) is -1.34. The number of anilines is 2. The van der Waals surface area contributed by atoms with Gasteiger partial charge in [0.05, 0.1) is 5.69 Å². The molecule has 1 aliphatic rings. The Morgan fingerprint density at radius 1 is 1.50 bits per heavy atom. The van der Waals surface area contributed by atoms with Crippen LogP contribution in [0.4, 0.5) is 15.4 Å². The van der Waals surface area contributed by atoms with Gasteiger partial charge in [0.15, 0.2) is 0 Å². The van der Waals surface area contributed by atoms with Crippen LogP contribution >= 0.6 is 15.9 Å². The standard InChI is InChI=1S/C9H9BrFN3O3S/c10-7-2-1-6(9(12)13-7)14-4-5(3-8(14)15)18(11,16)17/h1-2,5H,3-4H2,(H2,12,13). The van der Waals surface area contributed by atoms with E-state index in [4.69, 9.17) is 5.73 Å². The normalized spacial score (nSPS) is 20.4. The number of aromatic nitrogens is 1. The molecule has 1 saturated heterocycles. The predicted molar refractivity (Wildman–Crippen MR) is 67.1 cm³/mol. The van der Waals surface area contributed by atoms with Crippen LogP contribution in [0.1, 0.15) is 6.42 Å². The lowest BCUT2D eigenvalue weighted by Gasteiger charge is -2.17. The van der Waals surface area contributed by atoms with E-state index >= 15 is 0 Å². The molecule has 0 radical (unpaired) electrons. The summed E-state index contributed by atoms with van der Waals surface area (Å²) in [6, 6.07) is 3.09. The van der Waals surface area contributed by atoms with Crippen molar-refractivity contribution in [3.05, 3.63) is 16.7 Å². The summed E-state index contributed by atoms with van der Waals surface area (Å²) >= 11 is 3.11. The van der Waals surface area contributed by atoms with E-state index in [1.165, 1.54) is 6.07 Å². The number of pyridine rings is 1. The first-order valence-electron chi connectivity index (χ1n) is 4.95. The number of hydrogen-bond donors (Lipinski definition) is 1. The molecule has 6 nitrogen and oxygen atoms in total. The van der Waals surface area contributed by atoms with Crippen LogP contribution in [0.15, 0.2) is 16.7 Å². The molecular formula is C9H9BrFN3O3S. The highest BCUT2D eigenvalue weighted by atomic mass is 79.9.